The zero-order valence-corrected chi connectivity index (χ0v) is 25.9. The van der Waals surface area contributed by atoms with Crippen LogP contribution in [-0.4, -0.2) is 95.6 Å². The van der Waals surface area contributed by atoms with Crippen molar-refractivity contribution in [2.75, 3.05) is 19.4 Å². The highest BCUT2D eigenvalue weighted by Gasteiger charge is 2.72. The fourth-order valence-electron chi connectivity index (χ4n) is 7.14. The quantitative estimate of drug-likeness (QED) is 0.171. The van der Waals surface area contributed by atoms with Gasteiger partial charge in [0.1, 0.15) is 5.75 Å². The molecule has 2 fully saturated rings. The van der Waals surface area contributed by atoms with E-state index in [0.717, 1.165) is 5.56 Å². The summed E-state index contributed by atoms with van der Waals surface area (Å²) in [6.45, 7) is 3.27. The van der Waals surface area contributed by atoms with Gasteiger partial charge >= 0.3 is 6.03 Å². The molecule has 0 aliphatic heterocycles. The van der Waals surface area contributed by atoms with Crippen molar-refractivity contribution in [3.05, 3.63) is 53.1 Å². The van der Waals surface area contributed by atoms with E-state index in [9.17, 15) is 52.5 Å². The second kappa shape index (κ2) is 11.1. The molecule has 0 bridgehead atoms. The Bertz CT molecular complexity index is 1820. The Labute approximate surface area is 262 Å². The zero-order valence-electron chi connectivity index (χ0n) is 25.0. The number of amides is 3. The lowest BCUT2D eigenvalue weighted by Crippen LogP contribution is -2.77. The number of primary amides is 1. The van der Waals surface area contributed by atoms with Crippen LogP contribution >= 0.6 is 0 Å². The average Bonchev–Trinajstić information content (AvgIpc) is 2.95. The fourth-order valence-corrected chi connectivity index (χ4v) is 8.04. The smallest absolute Gasteiger partial charge is 0.333 e. The molecule has 0 saturated heterocycles. The molecule has 0 spiro atoms. The van der Waals surface area contributed by atoms with Gasteiger partial charge in [0, 0.05) is 5.92 Å². The number of rotatable bonds is 5. The number of anilines is 1. The van der Waals surface area contributed by atoms with Gasteiger partial charge in [-0.2, -0.15) is 0 Å². The highest BCUT2D eigenvalue weighted by Crippen LogP contribution is 2.55. The third-order valence-electron chi connectivity index (χ3n) is 9.30. The number of aryl methyl sites for hydroxylation is 1. The van der Waals surface area contributed by atoms with Crippen LogP contribution in [0.3, 0.4) is 0 Å². The number of phenols is 1. The summed E-state index contributed by atoms with van der Waals surface area (Å²) in [6, 6.07) is 5.36. The highest BCUT2D eigenvalue weighted by atomic mass is 32.2. The Morgan fingerprint density at radius 3 is 2.17 bits per heavy atom. The molecule has 5 rings (SSSR count). The summed E-state index contributed by atoms with van der Waals surface area (Å²) in [6.07, 6.45) is -1.80. The van der Waals surface area contributed by atoms with Gasteiger partial charge in [0.05, 0.1) is 40.1 Å². The number of nitrogens with one attached hydrogen (secondary N) is 2. The Balaban J connectivity index is 1.53. The molecule has 46 heavy (non-hydrogen) atoms. The van der Waals surface area contributed by atoms with E-state index in [0.29, 0.717) is 0 Å². The summed E-state index contributed by atoms with van der Waals surface area (Å²) in [5, 5.41) is 36.7. The summed E-state index contributed by atoms with van der Waals surface area (Å²) >= 11 is 0. The monoisotopic (exact) mass is 656 g/mol. The minimum Gasteiger partial charge on any atom is -0.505 e. The second-order valence-corrected chi connectivity index (χ2v) is 13.8. The van der Waals surface area contributed by atoms with Gasteiger partial charge in [0.15, 0.2) is 34.7 Å². The average molecular weight is 657 g/mol. The normalized spacial score (nSPS) is 30.7. The van der Waals surface area contributed by atoms with E-state index >= 15 is 0 Å². The van der Waals surface area contributed by atoms with E-state index in [1.165, 1.54) is 62.3 Å². The first-order chi connectivity index (χ1) is 21.4. The number of fused-ring (bicyclic) bond motifs is 3. The molecular formula is C30H32N4O11S. The maximum Gasteiger partial charge on any atom is 0.333 e. The summed E-state index contributed by atoms with van der Waals surface area (Å²) in [5.74, 6) is -15.3. The third-order valence-corrected chi connectivity index (χ3v) is 10.6. The van der Waals surface area contributed by atoms with Crippen molar-refractivity contribution in [1.29, 1.82) is 0 Å². The maximum atomic E-state index is 14.1. The van der Waals surface area contributed by atoms with Crippen molar-refractivity contribution < 1.29 is 52.5 Å². The van der Waals surface area contributed by atoms with Gasteiger partial charge < -0.3 is 26.4 Å². The molecule has 16 heteroatoms. The minimum atomic E-state index is -4.33. The van der Waals surface area contributed by atoms with Gasteiger partial charge in [-0.1, -0.05) is 30.7 Å². The van der Waals surface area contributed by atoms with E-state index in [1.54, 1.807) is 11.6 Å². The number of phenolic OH excluding ortho intramolecular Hbond substituents is 1. The largest absolute Gasteiger partial charge is 0.505 e. The van der Waals surface area contributed by atoms with Crippen molar-refractivity contribution in [2.45, 2.75) is 42.4 Å². The van der Waals surface area contributed by atoms with E-state index < -0.39 is 109 Å². The molecule has 0 radical (unpaired) electrons. The number of carbonyl (C=O) groups excluding carboxylic acids is 6. The Kier molecular flexibility index (Phi) is 7.92. The van der Waals surface area contributed by atoms with Crippen LogP contribution in [0.4, 0.5) is 10.5 Å². The zero-order chi connectivity index (χ0) is 34.2. The predicted octanol–water partition coefficient (Wildman–Crippen LogP) is -0.782. The molecule has 244 valence electrons. The maximum absolute atomic E-state index is 14.1. The number of aliphatic hydroxyl groups excluding tert-OH is 1. The molecule has 0 aromatic heterocycles. The Hall–Kier alpha value is -4.51. The van der Waals surface area contributed by atoms with Crippen LogP contribution in [0, 0.1) is 30.6 Å². The van der Waals surface area contributed by atoms with Crippen molar-refractivity contribution >= 4 is 50.8 Å². The number of nitrogens with two attached hydrogens (primary N) is 1. The van der Waals surface area contributed by atoms with E-state index in [1.807, 2.05) is 0 Å². The summed E-state index contributed by atoms with van der Waals surface area (Å²) < 4.78 is 27.1. The fraction of sp³-hybridized carbons (Fsp3) is 0.400. The molecule has 0 heterocycles. The molecule has 2 saturated carbocycles. The van der Waals surface area contributed by atoms with Gasteiger partial charge in [0.2, 0.25) is 5.91 Å². The first-order valence-electron chi connectivity index (χ1n) is 14.1. The number of carbonyl (C=O) groups is 6. The molecule has 2 aromatic carbocycles. The number of hydrogen-bond acceptors (Lipinski definition) is 12. The number of urea groups is 1. The first-order valence-corrected chi connectivity index (χ1v) is 15.6. The molecule has 3 aliphatic rings. The van der Waals surface area contributed by atoms with E-state index in [4.69, 9.17) is 5.73 Å². The highest BCUT2D eigenvalue weighted by molar-refractivity contribution is 7.90. The van der Waals surface area contributed by atoms with Gasteiger partial charge in [-0.3, -0.25) is 28.9 Å². The number of aromatic hydroxyl groups is 1. The summed E-state index contributed by atoms with van der Waals surface area (Å²) in [5.41, 5.74) is 2.19. The van der Waals surface area contributed by atoms with Crippen LogP contribution in [0.1, 0.15) is 34.3 Å². The number of Topliss-reactive ketones (excluding diaryl/α,β-unsaturated/α-hetero) is 4. The van der Waals surface area contributed by atoms with Crippen LogP contribution in [0.2, 0.25) is 0 Å². The Morgan fingerprint density at radius 1 is 1.00 bits per heavy atom. The van der Waals surface area contributed by atoms with Crippen LogP contribution in [0.5, 0.6) is 5.75 Å². The number of sulfonamides is 1. The van der Waals surface area contributed by atoms with Crippen LogP contribution in [-0.2, 0) is 29.2 Å². The number of aliphatic hydroxyl groups is 2. The minimum absolute atomic E-state index is 0.143. The molecule has 3 amide bonds. The lowest BCUT2D eigenvalue weighted by atomic mass is 9.49. The predicted molar refractivity (Wildman–Crippen MR) is 158 cm³/mol. The van der Waals surface area contributed by atoms with Crippen LogP contribution in [0.15, 0.2) is 41.3 Å². The molecule has 7 N–H and O–H groups in total. The molecule has 15 nitrogen and oxygen atoms in total. The molecular weight excluding hydrogens is 624 g/mol. The van der Waals surface area contributed by atoms with Gasteiger partial charge in [-0.05, 0) is 50.7 Å². The van der Waals surface area contributed by atoms with Crippen LogP contribution in [0.25, 0.3) is 0 Å². The van der Waals surface area contributed by atoms with Gasteiger partial charge in [0.25, 0.3) is 10.0 Å². The van der Waals surface area contributed by atoms with Crippen molar-refractivity contribution in [3.63, 3.8) is 0 Å². The van der Waals surface area contributed by atoms with Crippen LogP contribution < -0.4 is 15.8 Å². The number of benzene rings is 2. The van der Waals surface area contributed by atoms with Crippen molar-refractivity contribution in [1.82, 2.24) is 9.62 Å². The van der Waals surface area contributed by atoms with Crippen molar-refractivity contribution in [2.24, 2.45) is 29.4 Å². The topological polar surface area (TPSA) is 251 Å². The molecule has 8 unspecified atom stereocenters. The SMILES string of the molecule is Cc1ccc(S(=O)(=O)NC(=O)Nc2ccc3c(c2O)C(=O)C2C(=O)C4(O)C(=O)C(C(N)=O)C(=O)C(N(C)C)C4C(O)C2C3C)cc1. The third kappa shape index (κ3) is 4.71. The number of likely N-dealkylation sites (N-methyl/N-ethyl adjacent to an activating group) is 1. The lowest BCUT2D eigenvalue weighted by molar-refractivity contribution is -0.196. The Morgan fingerprint density at radius 2 is 1.61 bits per heavy atom. The summed E-state index contributed by atoms with van der Waals surface area (Å²) in [4.78, 5) is 80.6. The number of nitrogens with zero attached hydrogens (tertiary/aromatic N) is 1. The van der Waals surface area contributed by atoms with Gasteiger partial charge in [-0.25, -0.2) is 17.9 Å². The van der Waals surface area contributed by atoms with Gasteiger partial charge in [-0.15, -0.1) is 0 Å². The summed E-state index contributed by atoms with van der Waals surface area (Å²) in [7, 11) is -1.55. The van der Waals surface area contributed by atoms with E-state index in [2.05, 4.69) is 5.32 Å². The van der Waals surface area contributed by atoms with Crippen molar-refractivity contribution in [3.8, 4) is 5.75 Å². The lowest BCUT2D eigenvalue weighted by Gasteiger charge is -2.56. The van der Waals surface area contributed by atoms with E-state index in [-0.39, 0.29) is 10.5 Å². The molecule has 2 aromatic rings. The second-order valence-electron chi connectivity index (χ2n) is 12.2. The number of ketones is 4. The first kappa shape index (κ1) is 32.9. The molecule has 3 aliphatic carbocycles. The number of hydrogen-bond donors (Lipinski definition) is 6. The standard InChI is InChI=1S/C30H32N4O11S/c1-11-5-7-13(8-6-11)46(44,45)33-29(42)32-15-10-9-14-12(2)16-18(23(36)17(14)22(15)35)26(39)30(43)20(24(16)37)21(34(3)4)25(38)19(27(30)40)28(31)41/h5-10,12,16,18-21,24,35,37,43H,1-4H3,(H2,31,41)(H2,32,33,42). The molecule has 8 atom stereocenters.